The zero-order valence-electron chi connectivity index (χ0n) is 25.9. The van der Waals surface area contributed by atoms with Gasteiger partial charge in [-0.2, -0.15) is 0 Å². The lowest BCUT2D eigenvalue weighted by Crippen LogP contribution is -2.20. The van der Waals surface area contributed by atoms with E-state index in [1.165, 1.54) is 12.1 Å². The van der Waals surface area contributed by atoms with Crippen LogP contribution >= 0.6 is 12.2 Å². The molecule has 0 spiro atoms. The zero-order valence-corrected chi connectivity index (χ0v) is 27.5. The Morgan fingerprint density at radius 2 is 1.15 bits per heavy atom. The summed E-state index contributed by atoms with van der Waals surface area (Å²) in [5.41, 5.74) is 11.7. The SMILES string of the molecule is NC(=S)Nc1cccc(S(=O)(=O)Nc2c(CCC(=O)O)cccc2-c2ccccc2)c1.O=C(O)CCc1ccccc1-c1ccccc1. The first-order valence-electron chi connectivity index (χ1n) is 15.0. The standard InChI is InChI=1S/C22H21N3O4S2.C15H14O2/c23-22(30)24-17-9-5-10-18(14-17)31(28,29)25-21-16(12-13-20(26)27)8-4-11-19(21)15-6-2-1-3-7-15;16-15(17)11-10-13-8-4-5-9-14(13)12-6-2-1-3-7-12/h1-11,14,25H,12-13H2,(H,26,27)(H3,23,24,30);1-9H,10-11H2,(H,16,17). The van der Waals surface area contributed by atoms with Crippen molar-refractivity contribution in [2.45, 2.75) is 30.6 Å². The summed E-state index contributed by atoms with van der Waals surface area (Å²) in [4.78, 5) is 21.7. The van der Waals surface area contributed by atoms with Crippen molar-refractivity contribution in [3.63, 3.8) is 0 Å². The number of anilines is 2. The minimum atomic E-state index is -3.98. The van der Waals surface area contributed by atoms with Gasteiger partial charge in [-0.1, -0.05) is 109 Å². The Balaban J connectivity index is 0.000000257. The number of nitrogens with two attached hydrogens (primary N) is 1. The molecule has 6 N–H and O–H groups in total. The molecule has 0 heterocycles. The van der Waals surface area contributed by atoms with Crippen LogP contribution in [0.4, 0.5) is 11.4 Å². The molecule has 0 saturated heterocycles. The smallest absolute Gasteiger partial charge is 0.303 e. The predicted molar refractivity (Wildman–Crippen MR) is 193 cm³/mol. The van der Waals surface area contributed by atoms with Crippen molar-refractivity contribution < 1.29 is 28.2 Å². The number of nitrogens with one attached hydrogen (secondary N) is 2. The van der Waals surface area contributed by atoms with Gasteiger partial charge in [0, 0.05) is 24.1 Å². The molecule has 0 aliphatic heterocycles. The summed E-state index contributed by atoms with van der Waals surface area (Å²) in [5, 5.41) is 20.6. The van der Waals surface area contributed by atoms with Gasteiger partial charge in [0.15, 0.2) is 5.11 Å². The largest absolute Gasteiger partial charge is 0.481 e. The average molecular weight is 682 g/mol. The summed E-state index contributed by atoms with van der Waals surface area (Å²) in [6.07, 6.45) is 0.793. The van der Waals surface area contributed by atoms with Crippen LogP contribution in [-0.4, -0.2) is 35.7 Å². The normalized spacial score (nSPS) is 10.7. The van der Waals surface area contributed by atoms with Crippen LogP contribution in [0, 0.1) is 0 Å². The van der Waals surface area contributed by atoms with Gasteiger partial charge in [0.2, 0.25) is 0 Å². The molecule has 0 atom stereocenters. The van der Waals surface area contributed by atoms with E-state index in [1.807, 2.05) is 84.9 Å². The number of aliphatic carboxylic acids is 2. The predicted octanol–water partition coefficient (Wildman–Crippen LogP) is 7.20. The van der Waals surface area contributed by atoms with Crippen LogP contribution in [0.15, 0.2) is 132 Å². The Bertz CT molecular complexity index is 1990. The van der Waals surface area contributed by atoms with Crippen LogP contribution in [0.5, 0.6) is 0 Å². The number of carbonyl (C=O) groups is 2. The van der Waals surface area contributed by atoms with Gasteiger partial charge in [0.1, 0.15) is 0 Å². The van der Waals surface area contributed by atoms with Gasteiger partial charge in [-0.05, 0) is 71.1 Å². The minimum absolute atomic E-state index is 0.0146. The highest BCUT2D eigenvalue weighted by atomic mass is 32.2. The lowest BCUT2D eigenvalue weighted by Gasteiger charge is -2.17. The molecule has 9 nitrogen and oxygen atoms in total. The Hall–Kier alpha value is -5.52. The number of para-hydroxylation sites is 1. The monoisotopic (exact) mass is 681 g/mol. The second-order valence-corrected chi connectivity index (χ2v) is 12.8. The fourth-order valence-electron chi connectivity index (χ4n) is 4.98. The molecule has 0 unspecified atom stereocenters. The number of thiocarbonyl (C=S) groups is 1. The van der Waals surface area contributed by atoms with Crippen molar-refractivity contribution in [2.75, 3.05) is 10.0 Å². The van der Waals surface area contributed by atoms with Gasteiger partial charge in [-0.15, -0.1) is 0 Å². The number of carboxylic acids is 2. The second kappa shape index (κ2) is 16.9. The van der Waals surface area contributed by atoms with Crippen LogP contribution in [0.25, 0.3) is 22.3 Å². The lowest BCUT2D eigenvalue weighted by molar-refractivity contribution is -0.138. The number of sulfonamides is 1. The molecule has 0 aliphatic carbocycles. The molecule has 0 aliphatic rings. The van der Waals surface area contributed by atoms with E-state index in [9.17, 15) is 18.0 Å². The van der Waals surface area contributed by atoms with E-state index in [2.05, 4.69) is 10.0 Å². The van der Waals surface area contributed by atoms with Crippen molar-refractivity contribution in [1.82, 2.24) is 0 Å². The highest BCUT2D eigenvalue weighted by Crippen LogP contribution is 2.34. The van der Waals surface area contributed by atoms with Crippen LogP contribution in [-0.2, 0) is 32.5 Å². The van der Waals surface area contributed by atoms with Crippen molar-refractivity contribution in [3.05, 3.63) is 139 Å². The molecular weight excluding hydrogens is 647 g/mol. The summed E-state index contributed by atoms with van der Waals surface area (Å²) in [5.74, 6) is -1.72. The first-order valence-corrected chi connectivity index (χ1v) is 16.9. The third kappa shape index (κ3) is 10.2. The molecular formula is C37H35N3O6S2. The van der Waals surface area contributed by atoms with Gasteiger partial charge in [0.05, 0.1) is 10.6 Å². The molecule has 0 bridgehead atoms. The van der Waals surface area contributed by atoms with Crippen LogP contribution in [0.2, 0.25) is 0 Å². The van der Waals surface area contributed by atoms with E-state index < -0.39 is 22.0 Å². The molecule has 0 saturated carbocycles. The lowest BCUT2D eigenvalue weighted by atomic mass is 9.97. The Labute approximate surface area is 285 Å². The summed E-state index contributed by atoms with van der Waals surface area (Å²) in [6.45, 7) is 0. The third-order valence-corrected chi connectivity index (χ3v) is 8.65. The molecule has 0 amide bonds. The number of hydrogen-bond acceptors (Lipinski definition) is 5. The average Bonchev–Trinajstić information content (AvgIpc) is 3.07. The van der Waals surface area contributed by atoms with Gasteiger partial charge in [0.25, 0.3) is 10.0 Å². The fourth-order valence-corrected chi connectivity index (χ4v) is 6.27. The van der Waals surface area contributed by atoms with Gasteiger partial charge in [-0.3, -0.25) is 14.3 Å². The first-order chi connectivity index (χ1) is 23.0. The molecule has 48 heavy (non-hydrogen) atoms. The van der Waals surface area contributed by atoms with Crippen molar-refractivity contribution in [2.24, 2.45) is 5.73 Å². The first kappa shape index (κ1) is 35.3. The number of aryl methyl sites for hydroxylation is 2. The van der Waals surface area contributed by atoms with Crippen LogP contribution in [0.3, 0.4) is 0 Å². The molecule has 5 aromatic carbocycles. The van der Waals surface area contributed by atoms with E-state index in [4.69, 9.17) is 28.2 Å². The molecule has 0 fully saturated rings. The number of carboxylic acid groups (broad SMARTS) is 2. The van der Waals surface area contributed by atoms with E-state index in [0.29, 0.717) is 28.9 Å². The van der Waals surface area contributed by atoms with E-state index in [-0.39, 0.29) is 29.3 Å². The topological polar surface area (TPSA) is 159 Å². The molecule has 5 rings (SSSR count). The number of benzene rings is 5. The van der Waals surface area contributed by atoms with Crippen LogP contribution in [0.1, 0.15) is 24.0 Å². The summed E-state index contributed by atoms with van der Waals surface area (Å²) in [7, 11) is -3.98. The summed E-state index contributed by atoms with van der Waals surface area (Å²) < 4.78 is 29.1. The van der Waals surface area contributed by atoms with Gasteiger partial charge < -0.3 is 21.3 Å². The maximum Gasteiger partial charge on any atom is 0.303 e. The summed E-state index contributed by atoms with van der Waals surface area (Å²) >= 11 is 4.81. The summed E-state index contributed by atoms with van der Waals surface area (Å²) in [6, 6.07) is 38.7. The van der Waals surface area contributed by atoms with Gasteiger partial charge in [-0.25, -0.2) is 8.42 Å². The molecule has 0 radical (unpaired) electrons. The molecule has 11 heteroatoms. The van der Waals surface area contributed by atoms with E-state index >= 15 is 0 Å². The van der Waals surface area contributed by atoms with Crippen LogP contribution < -0.4 is 15.8 Å². The van der Waals surface area contributed by atoms with Gasteiger partial charge >= 0.3 is 11.9 Å². The maximum atomic E-state index is 13.2. The second-order valence-electron chi connectivity index (χ2n) is 10.6. The fraction of sp³-hybridized carbons (Fsp3) is 0.108. The number of hydrogen-bond donors (Lipinski definition) is 5. The highest BCUT2D eigenvalue weighted by Gasteiger charge is 2.20. The third-order valence-electron chi connectivity index (χ3n) is 7.20. The van der Waals surface area contributed by atoms with E-state index in [0.717, 1.165) is 22.3 Å². The zero-order chi connectivity index (χ0) is 34.5. The maximum absolute atomic E-state index is 13.2. The van der Waals surface area contributed by atoms with E-state index in [1.54, 1.807) is 30.3 Å². The number of rotatable bonds is 12. The Kier molecular flexibility index (Phi) is 12.4. The van der Waals surface area contributed by atoms with Crippen molar-refractivity contribution in [3.8, 4) is 22.3 Å². The molecule has 5 aromatic rings. The Morgan fingerprint density at radius 1 is 0.646 bits per heavy atom. The quantitative estimate of drug-likeness (QED) is 0.0859. The minimum Gasteiger partial charge on any atom is -0.481 e. The molecule has 0 aromatic heterocycles. The van der Waals surface area contributed by atoms with Crippen molar-refractivity contribution >= 4 is 50.7 Å². The van der Waals surface area contributed by atoms with Crippen molar-refractivity contribution in [1.29, 1.82) is 0 Å². The highest BCUT2D eigenvalue weighted by molar-refractivity contribution is 7.92. The molecule has 246 valence electrons. The Morgan fingerprint density at radius 3 is 1.75 bits per heavy atom.